The second-order valence-corrected chi connectivity index (χ2v) is 6.17. The summed E-state index contributed by atoms with van der Waals surface area (Å²) in [6.07, 6.45) is 5.72. The third-order valence-corrected chi connectivity index (χ3v) is 4.10. The van der Waals surface area contributed by atoms with Crippen molar-refractivity contribution in [3.05, 3.63) is 71.3 Å². The molecular weight excluding hydrogens is 342 g/mol. The Labute approximate surface area is 159 Å². The van der Waals surface area contributed by atoms with Gasteiger partial charge in [-0.15, -0.1) is 0 Å². The molecule has 5 heteroatoms. The zero-order valence-corrected chi connectivity index (χ0v) is 15.5. The van der Waals surface area contributed by atoms with Crippen LogP contribution in [0.15, 0.2) is 54.6 Å². The molecule has 0 heterocycles. The number of methoxy groups -OCH3 is 1. The number of hydrogen-bond acceptors (Lipinski definition) is 4. The summed E-state index contributed by atoms with van der Waals surface area (Å²) in [5, 5.41) is 11.8. The van der Waals surface area contributed by atoms with Crippen LogP contribution in [0.3, 0.4) is 0 Å². The summed E-state index contributed by atoms with van der Waals surface area (Å²) >= 11 is 0. The Morgan fingerprint density at radius 2 is 1.63 bits per heavy atom. The highest BCUT2D eigenvalue weighted by atomic mass is 16.5. The summed E-state index contributed by atoms with van der Waals surface area (Å²) in [5.41, 5.74) is 3.88. The molecule has 0 spiro atoms. The first kappa shape index (κ1) is 20.4. The fourth-order valence-electron chi connectivity index (χ4n) is 2.59. The smallest absolute Gasteiger partial charge is 0.330 e. The molecule has 0 fully saturated rings. The van der Waals surface area contributed by atoms with Gasteiger partial charge in [-0.3, -0.25) is 4.79 Å². The molecule has 0 saturated heterocycles. The fraction of sp³-hybridized carbons (Fsp3) is 0.273. The predicted molar refractivity (Wildman–Crippen MR) is 106 cm³/mol. The van der Waals surface area contributed by atoms with E-state index in [0.717, 1.165) is 35.2 Å². The van der Waals surface area contributed by atoms with Gasteiger partial charge in [0.25, 0.3) is 0 Å². The fourth-order valence-corrected chi connectivity index (χ4v) is 2.59. The lowest BCUT2D eigenvalue weighted by Gasteiger charge is -2.07. The molecule has 1 amide bonds. The minimum Gasteiger partial charge on any atom is -0.466 e. The first-order valence-corrected chi connectivity index (χ1v) is 8.95. The van der Waals surface area contributed by atoms with Crippen LogP contribution in [0.25, 0.3) is 6.08 Å². The molecule has 27 heavy (non-hydrogen) atoms. The van der Waals surface area contributed by atoms with Crippen molar-refractivity contribution < 1.29 is 19.4 Å². The number of aliphatic hydroxyl groups excluding tert-OH is 1. The summed E-state index contributed by atoms with van der Waals surface area (Å²) < 4.78 is 4.56. The van der Waals surface area contributed by atoms with E-state index in [9.17, 15) is 9.59 Å². The Bertz CT molecular complexity index is 764. The molecule has 2 N–H and O–H groups in total. The van der Waals surface area contributed by atoms with E-state index >= 15 is 0 Å². The average molecular weight is 367 g/mol. The number of amides is 1. The van der Waals surface area contributed by atoms with Gasteiger partial charge in [0.2, 0.25) is 5.91 Å². The number of esters is 1. The van der Waals surface area contributed by atoms with E-state index in [2.05, 4.69) is 10.1 Å². The van der Waals surface area contributed by atoms with Gasteiger partial charge in [-0.2, -0.15) is 0 Å². The number of rotatable bonds is 9. The topological polar surface area (TPSA) is 75.6 Å². The van der Waals surface area contributed by atoms with E-state index in [0.29, 0.717) is 12.8 Å². The third kappa shape index (κ3) is 7.46. The van der Waals surface area contributed by atoms with Gasteiger partial charge in [-0.1, -0.05) is 36.4 Å². The van der Waals surface area contributed by atoms with Gasteiger partial charge in [-0.05, 0) is 54.2 Å². The van der Waals surface area contributed by atoms with Crippen LogP contribution in [0.5, 0.6) is 0 Å². The van der Waals surface area contributed by atoms with E-state index in [4.69, 9.17) is 5.11 Å². The number of aliphatic hydroxyl groups is 1. The lowest BCUT2D eigenvalue weighted by molar-refractivity contribution is -0.134. The van der Waals surface area contributed by atoms with Crippen molar-refractivity contribution in [2.45, 2.75) is 25.7 Å². The van der Waals surface area contributed by atoms with Gasteiger partial charge in [0.05, 0.1) is 7.11 Å². The molecule has 0 aromatic heterocycles. The second kappa shape index (κ2) is 10.9. The highest BCUT2D eigenvalue weighted by Crippen LogP contribution is 2.12. The molecule has 0 bridgehead atoms. The predicted octanol–water partition coefficient (Wildman–Crippen LogP) is 3.37. The normalized spacial score (nSPS) is 10.7. The van der Waals surface area contributed by atoms with Crippen LogP contribution in [0, 0.1) is 0 Å². The molecular formula is C22H25NO4. The zero-order valence-electron chi connectivity index (χ0n) is 15.5. The van der Waals surface area contributed by atoms with Crippen molar-refractivity contribution in [2.75, 3.05) is 19.0 Å². The van der Waals surface area contributed by atoms with Crippen LogP contribution >= 0.6 is 0 Å². The molecule has 2 aromatic carbocycles. The van der Waals surface area contributed by atoms with Crippen molar-refractivity contribution in [1.29, 1.82) is 0 Å². The van der Waals surface area contributed by atoms with Gasteiger partial charge in [0.15, 0.2) is 0 Å². The van der Waals surface area contributed by atoms with Crippen LogP contribution in [0.2, 0.25) is 0 Å². The first-order valence-electron chi connectivity index (χ1n) is 8.95. The average Bonchev–Trinajstić information content (AvgIpc) is 2.69. The van der Waals surface area contributed by atoms with Crippen molar-refractivity contribution in [3.8, 4) is 0 Å². The van der Waals surface area contributed by atoms with Crippen LogP contribution in [0.1, 0.15) is 29.5 Å². The monoisotopic (exact) mass is 367 g/mol. The number of carbonyl (C=O) groups excluding carboxylic acids is 2. The second-order valence-electron chi connectivity index (χ2n) is 6.17. The largest absolute Gasteiger partial charge is 0.466 e. The molecule has 0 aliphatic rings. The summed E-state index contributed by atoms with van der Waals surface area (Å²) in [6.45, 7) is 0.119. The van der Waals surface area contributed by atoms with Gasteiger partial charge in [-0.25, -0.2) is 4.79 Å². The molecule has 142 valence electrons. The van der Waals surface area contributed by atoms with Crippen molar-refractivity contribution in [3.63, 3.8) is 0 Å². The molecule has 0 atom stereocenters. The Kier molecular flexibility index (Phi) is 8.26. The molecule has 0 aliphatic carbocycles. The number of benzene rings is 2. The number of nitrogens with one attached hydrogen (secondary N) is 1. The Balaban J connectivity index is 1.74. The minimum atomic E-state index is -0.381. The third-order valence-electron chi connectivity index (χ3n) is 4.10. The maximum Gasteiger partial charge on any atom is 0.330 e. The Hall–Kier alpha value is -2.92. The highest BCUT2D eigenvalue weighted by Gasteiger charge is 2.03. The zero-order chi connectivity index (χ0) is 19.5. The highest BCUT2D eigenvalue weighted by molar-refractivity contribution is 5.90. The maximum atomic E-state index is 12.0. The standard InChI is InChI=1S/C22H25NO4/c1-27-22(26)14-11-18-7-5-17(6-8-18)3-2-4-21(25)23-20-12-9-19(10-13-20)15-16-24/h5-14,24H,2-4,15-16H2,1H3,(H,23,25). The number of ether oxygens (including phenoxy) is 1. The molecule has 2 rings (SSSR count). The molecule has 0 aliphatic heterocycles. The van der Waals surface area contributed by atoms with E-state index in [1.54, 1.807) is 6.08 Å². The Morgan fingerprint density at radius 1 is 1.00 bits per heavy atom. The number of hydrogen-bond donors (Lipinski definition) is 2. The number of aryl methyl sites for hydroxylation is 1. The molecule has 2 aromatic rings. The van der Waals surface area contributed by atoms with Gasteiger partial charge in [0.1, 0.15) is 0 Å². The van der Waals surface area contributed by atoms with Crippen molar-refractivity contribution in [1.82, 2.24) is 0 Å². The quantitative estimate of drug-likeness (QED) is 0.526. The van der Waals surface area contributed by atoms with Gasteiger partial charge in [0, 0.05) is 24.8 Å². The summed E-state index contributed by atoms with van der Waals surface area (Å²) in [6, 6.07) is 15.4. The lowest BCUT2D eigenvalue weighted by Crippen LogP contribution is -2.11. The van der Waals surface area contributed by atoms with Crippen molar-refractivity contribution in [2.24, 2.45) is 0 Å². The summed E-state index contributed by atoms with van der Waals surface area (Å²) in [7, 11) is 1.35. The molecule has 0 radical (unpaired) electrons. The van der Waals surface area contributed by atoms with Crippen LogP contribution in [-0.4, -0.2) is 30.7 Å². The number of carbonyl (C=O) groups is 2. The van der Waals surface area contributed by atoms with E-state index < -0.39 is 0 Å². The summed E-state index contributed by atoms with van der Waals surface area (Å²) in [5.74, 6) is -0.393. The van der Waals surface area contributed by atoms with Gasteiger partial charge >= 0.3 is 5.97 Å². The van der Waals surface area contributed by atoms with Crippen LogP contribution in [-0.2, 0) is 27.2 Å². The molecule has 0 saturated carbocycles. The van der Waals surface area contributed by atoms with Crippen LogP contribution in [0.4, 0.5) is 5.69 Å². The SMILES string of the molecule is COC(=O)C=Cc1ccc(CCCC(=O)Nc2ccc(CCO)cc2)cc1. The lowest BCUT2D eigenvalue weighted by atomic mass is 10.1. The molecule has 0 unspecified atom stereocenters. The molecule has 5 nitrogen and oxygen atoms in total. The van der Waals surface area contributed by atoms with E-state index in [1.807, 2.05) is 48.5 Å². The number of anilines is 1. The minimum absolute atomic E-state index is 0.0115. The van der Waals surface area contributed by atoms with Crippen LogP contribution < -0.4 is 5.32 Å². The van der Waals surface area contributed by atoms with E-state index in [1.165, 1.54) is 13.2 Å². The van der Waals surface area contributed by atoms with E-state index in [-0.39, 0.29) is 18.5 Å². The first-order chi connectivity index (χ1) is 13.1. The summed E-state index contributed by atoms with van der Waals surface area (Å²) in [4.78, 5) is 23.1. The van der Waals surface area contributed by atoms with Gasteiger partial charge < -0.3 is 15.2 Å². The Morgan fingerprint density at radius 3 is 2.26 bits per heavy atom. The van der Waals surface area contributed by atoms with Crippen molar-refractivity contribution >= 4 is 23.6 Å². The maximum absolute atomic E-state index is 12.0.